The van der Waals surface area contributed by atoms with E-state index in [1.165, 1.54) is 0 Å². The van der Waals surface area contributed by atoms with Gasteiger partial charge in [-0.05, 0) is 30.0 Å². The molecule has 2 atom stereocenters. The van der Waals surface area contributed by atoms with Crippen LogP contribution in [0.4, 0.5) is 0 Å². The van der Waals surface area contributed by atoms with Crippen molar-refractivity contribution in [3.8, 4) is 11.8 Å². The highest BCUT2D eigenvalue weighted by molar-refractivity contribution is 5.89. The zero-order valence-electron chi connectivity index (χ0n) is 15.0. The Balaban J connectivity index is 1.92. The predicted molar refractivity (Wildman–Crippen MR) is 93.5 cm³/mol. The summed E-state index contributed by atoms with van der Waals surface area (Å²) in [6.07, 6.45) is 0.806. The van der Waals surface area contributed by atoms with Gasteiger partial charge in [0.1, 0.15) is 11.8 Å². The maximum atomic E-state index is 12.4. The summed E-state index contributed by atoms with van der Waals surface area (Å²) in [4.78, 5) is 26.3. The van der Waals surface area contributed by atoms with E-state index in [-0.39, 0.29) is 18.2 Å². The zero-order chi connectivity index (χ0) is 18.4. The van der Waals surface area contributed by atoms with Crippen LogP contribution in [0.2, 0.25) is 0 Å². The minimum absolute atomic E-state index is 0.0339. The maximum absolute atomic E-state index is 12.4. The Kier molecular flexibility index (Phi) is 6.40. The van der Waals surface area contributed by atoms with E-state index in [1.807, 2.05) is 38.1 Å². The summed E-state index contributed by atoms with van der Waals surface area (Å²) in [6, 6.07) is 9.14. The van der Waals surface area contributed by atoms with Gasteiger partial charge in [0.2, 0.25) is 11.8 Å². The molecule has 1 aliphatic rings. The molecule has 2 amide bonds. The number of nitrogens with zero attached hydrogens (tertiary/aromatic N) is 2. The summed E-state index contributed by atoms with van der Waals surface area (Å²) in [5.41, 5.74) is 0.991. The average molecular weight is 343 g/mol. The summed E-state index contributed by atoms with van der Waals surface area (Å²) >= 11 is 0. The number of carbonyl (C=O) groups is 2. The van der Waals surface area contributed by atoms with Gasteiger partial charge < -0.3 is 15.0 Å². The Morgan fingerprint density at radius 3 is 2.64 bits per heavy atom. The Hall–Kier alpha value is -2.55. The third kappa shape index (κ3) is 5.21. The number of amides is 2. The van der Waals surface area contributed by atoms with Crippen LogP contribution in [0, 0.1) is 23.2 Å². The lowest BCUT2D eigenvalue weighted by Crippen LogP contribution is -2.39. The van der Waals surface area contributed by atoms with E-state index in [9.17, 15) is 9.59 Å². The van der Waals surface area contributed by atoms with Crippen molar-refractivity contribution in [3.63, 3.8) is 0 Å². The first kappa shape index (κ1) is 18.8. The first-order valence-corrected chi connectivity index (χ1v) is 8.53. The van der Waals surface area contributed by atoms with Crippen molar-refractivity contribution < 1.29 is 14.3 Å². The quantitative estimate of drug-likeness (QED) is 0.822. The lowest BCUT2D eigenvalue weighted by molar-refractivity contribution is -0.129. The highest BCUT2D eigenvalue weighted by Gasteiger charge is 2.35. The molecule has 0 aliphatic carbocycles. The molecule has 25 heavy (non-hydrogen) atoms. The van der Waals surface area contributed by atoms with E-state index in [1.54, 1.807) is 12.0 Å². The third-order valence-electron chi connectivity index (χ3n) is 4.30. The fourth-order valence-corrected chi connectivity index (χ4v) is 2.96. The molecule has 1 saturated heterocycles. The van der Waals surface area contributed by atoms with Crippen molar-refractivity contribution in [3.05, 3.63) is 29.8 Å². The number of rotatable bonds is 7. The standard InChI is InChI=1S/C19H25N3O3/c1-13(2)8-16(10-20)21-19(24)15-9-18(23)22(12-15)11-14-4-6-17(25-3)7-5-14/h4-7,13,15-16H,8-9,11-12H2,1-3H3,(H,21,24). The van der Waals surface area contributed by atoms with E-state index in [2.05, 4.69) is 11.4 Å². The van der Waals surface area contributed by atoms with Gasteiger partial charge >= 0.3 is 0 Å². The maximum Gasteiger partial charge on any atom is 0.226 e. The highest BCUT2D eigenvalue weighted by Crippen LogP contribution is 2.22. The molecule has 2 unspecified atom stereocenters. The lowest BCUT2D eigenvalue weighted by atomic mass is 10.0. The van der Waals surface area contributed by atoms with Crippen molar-refractivity contribution in [2.75, 3.05) is 13.7 Å². The van der Waals surface area contributed by atoms with E-state index in [4.69, 9.17) is 10.00 Å². The fraction of sp³-hybridized carbons (Fsp3) is 0.526. The number of hydrogen-bond donors (Lipinski definition) is 1. The van der Waals surface area contributed by atoms with Crippen molar-refractivity contribution in [2.24, 2.45) is 11.8 Å². The van der Waals surface area contributed by atoms with E-state index >= 15 is 0 Å². The molecule has 1 aromatic carbocycles. The molecule has 0 spiro atoms. The second-order valence-electron chi connectivity index (χ2n) is 6.84. The van der Waals surface area contributed by atoms with Crippen LogP contribution in [0.1, 0.15) is 32.3 Å². The minimum atomic E-state index is -0.502. The van der Waals surface area contributed by atoms with Crippen molar-refractivity contribution >= 4 is 11.8 Å². The molecule has 1 aliphatic heterocycles. The number of hydrogen-bond acceptors (Lipinski definition) is 4. The normalized spacial score (nSPS) is 18.1. The van der Waals surface area contributed by atoms with Gasteiger partial charge in [-0.25, -0.2) is 0 Å². The van der Waals surface area contributed by atoms with Gasteiger partial charge in [0, 0.05) is 19.5 Å². The number of benzene rings is 1. The van der Waals surface area contributed by atoms with Crippen LogP contribution in [-0.4, -0.2) is 36.4 Å². The van der Waals surface area contributed by atoms with Gasteiger partial charge in [0.05, 0.1) is 19.1 Å². The largest absolute Gasteiger partial charge is 0.497 e. The lowest BCUT2D eigenvalue weighted by Gasteiger charge is -2.18. The Labute approximate surface area is 148 Å². The Morgan fingerprint density at radius 1 is 1.40 bits per heavy atom. The van der Waals surface area contributed by atoms with Gasteiger partial charge in [-0.1, -0.05) is 26.0 Å². The van der Waals surface area contributed by atoms with Crippen molar-refractivity contribution in [2.45, 2.75) is 39.3 Å². The monoisotopic (exact) mass is 343 g/mol. The van der Waals surface area contributed by atoms with Gasteiger partial charge in [0.25, 0.3) is 0 Å². The molecule has 1 heterocycles. The van der Waals surface area contributed by atoms with Crippen LogP contribution in [0.25, 0.3) is 0 Å². The van der Waals surface area contributed by atoms with Crippen LogP contribution in [-0.2, 0) is 16.1 Å². The van der Waals surface area contributed by atoms with Crippen LogP contribution in [0.3, 0.4) is 0 Å². The van der Waals surface area contributed by atoms with Gasteiger partial charge in [-0.3, -0.25) is 9.59 Å². The van der Waals surface area contributed by atoms with Crippen molar-refractivity contribution in [1.29, 1.82) is 5.26 Å². The average Bonchev–Trinajstić information content (AvgIpc) is 2.95. The van der Waals surface area contributed by atoms with Crippen LogP contribution in [0.5, 0.6) is 5.75 Å². The summed E-state index contributed by atoms with van der Waals surface area (Å²) < 4.78 is 5.12. The molecule has 6 nitrogen and oxygen atoms in total. The van der Waals surface area contributed by atoms with Gasteiger partial charge in [0.15, 0.2) is 0 Å². The first-order valence-electron chi connectivity index (χ1n) is 8.53. The van der Waals surface area contributed by atoms with Crippen LogP contribution < -0.4 is 10.1 Å². The summed E-state index contributed by atoms with van der Waals surface area (Å²) in [7, 11) is 1.61. The third-order valence-corrected chi connectivity index (χ3v) is 4.30. The molecule has 1 fully saturated rings. The number of carbonyl (C=O) groups excluding carboxylic acids is 2. The molecule has 134 valence electrons. The second kappa shape index (κ2) is 8.52. The predicted octanol–water partition coefficient (Wildman–Crippen LogP) is 2.10. The van der Waals surface area contributed by atoms with Crippen molar-refractivity contribution in [1.82, 2.24) is 10.2 Å². The molecular weight excluding hydrogens is 318 g/mol. The van der Waals surface area contributed by atoms with E-state index in [0.29, 0.717) is 25.4 Å². The topological polar surface area (TPSA) is 82.4 Å². The molecule has 0 saturated carbocycles. The molecular formula is C19H25N3O3. The Morgan fingerprint density at radius 2 is 2.08 bits per heavy atom. The summed E-state index contributed by atoms with van der Waals surface area (Å²) in [6.45, 7) is 4.87. The number of nitriles is 1. The van der Waals surface area contributed by atoms with E-state index in [0.717, 1.165) is 11.3 Å². The first-order chi connectivity index (χ1) is 11.9. The number of likely N-dealkylation sites (tertiary alicyclic amines) is 1. The van der Waals surface area contributed by atoms with Crippen LogP contribution in [0.15, 0.2) is 24.3 Å². The molecule has 0 aromatic heterocycles. The van der Waals surface area contributed by atoms with Gasteiger partial charge in [-0.15, -0.1) is 0 Å². The van der Waals surface area contributed by atoms with Gasteiger partial charge in [-0.2, -0.15) is 5.26 Å². The number of nitrogens with one attached hydrogen (secondary N) is 1. The fourth-order valence-electron chi connectivity index (χ4n) is 2.96. The van der Waals surface area contributed by atoms with Crippen LogP contribution >= 0.6 is 0 Å². The summed E-state index contributed by atoms with van der Waals surface area (Å²) in [5, 5.41) is 11.9. The number of ether oxygens (including phenoxy) is 1. The Bertz CT molecular complexity index is 649. The zero-order valence-corrected chi connectivity index (χ0v) is 15.0. The minimum Gasteiger partial charge on any atom is -0.497 e. The SMILES string of the molecule is COc1ccc(CN2CC(C(=O)NC(C#N)CC(C)C)CC2=O)cc1. The smallest absolute Gasteiger partial charge is 0.226 e. The molecule has 0 bridgehead atoms. The number of methoxy groups -OCH3 is 1. The second-order valence-corrected chi connectivity index (χ2v) is 6.84. The summed E-state index contributed by atoms with van der Waals surface area (Å²) in [5.74, 6) is 0.447. The molecule has 2 rings (SSSR count). The molecule has 6 heteroatoms. The van der Waals surface area contributed by atoms with E-state index < -0.39 is 12.0 Å². The highest BCUT2D eigenvalue weighted by atomic mass is 16.5. The molecule has 1 N–H and O–H groups in total. The molecule has 0 radical (unpaired) electrons. The molecule has 1 aromatic rings.